The first-order valence-electron chi connectivity index (χ1n) is 5.54. The summed E-state index contributed by atoms with van der Waals surface area (Å²) in [6.07, 6.45) is 0. The van der Waals surface area contributed by atoms with Gasteiger partial charge in [-0.15, -0.1) is 0 Å². The molecule has 100 valence electrons. The molecule has 0 amide bonds. The van der Waals surface area contributed by atoms with Crippen molar-refractivity contribution in [3.8, 4) is 0 Å². The Labute approximate surface area is 108 Å². The number of cyclic esters (lactones) is 2. The molecule has 0 unspecified atom stereocenters. The number of hydrogen-bond acceptors (Lipinski definition) is 6. The molecule has 7 heteroatoms. The Morgan fingerprint density at radius 3 is 2.05 bits per heavy atom. The van der Waals surface area contributed by atoms with Gasteiger partial charge in [0.1, 0.15) is 0 Å². The summed E-state index contributed by atoms with van der Waals surface area (Å²) in [4.78, 5) is 33.1. The standard InChI is InChI=1S/C12H11NO6/c1-7-10(14)18-12(2,19-11(7)15)8-3-5-9(6-4-8)13(16)17/h3-7H,1-2H3. The molecule has 7 nitrogen and oxygen atoms in total. The van der Waals surface area contributed by atoms with Gasteiger partial charge in [-0.3, -0.25) is 19.7 Å². The summed E-state index contributed by atoms with van der Waals surface area (Å²) < 4.78 is 10.2. The molecule has 0 saturated carbocycles. The number of carbonyl (C=O) groups excluding carboxylic acids is 2. The van der Waals surface area contributed by atoms with Crippen molar-refractivity contribution in [1.82, 2.24) is 0 Å². The summed E-state index contributed by atoms with van der Waals surface area (Å²) in [5.41, 5.74) is 0.251. The van der Waals surface area contributed by atoms with Crippen molar-refractivity contribution in [1.29, 1.82) is 0 Å². The molecule has 0 bridgehead atoms. The number of non-ortho nitro benzene ring substituents is 1. The molecule has 1 aliphatic heterocycles. The lowest BCUT2D eigenvalue weighted by Crippen LogP contribution is -2.45. The van der Waals surface area contributed by atoms with E-state index in [4.69, 9.17) is 9.47 Å². The van der Waals surface area contributed by atoms with E-state index in [0.717, 1.165) is 0 Å². The second kappa shape index (κ2) is 4.34. The maximum Gasteiger partial charge on any atom is 0.323 e. The van der Waals surface area contributed by atoms with Gasteiger partial charge >= 0.3 is 11.9 Å². The minimum absolute atomic E-state index is 0.103. The highest BCUT2D eigenvalue weighted by molar-refractivity contribution is 5.96. The number of hydrogen-bond donors (Lipinski definition) is 0. The molecule has 0 spiro atoms. The first kappa shape index (κ1) is 13.0. The summed E-state index contributed by atoms with van der Waals surface area (Å²) in [6, 6.07) is 5.27. The first-order chi connectivity index (χ1) is 8.83. The van der Waals surface area contributed by atoms with Crippen molar-refractivity contribution in [3.63, 3.8) is 0 Å². The van der Waals surface area contributed by atoms with Gasteiger partial charge in [0.15, 0.2) is 5.92 Å². The molecule has 2 rings (SSSR count). The monoisotopic (exact) mass is 265 g/mol. The van der Waals surface area contributed by atoms with E-state index in [-0.39, 0.29) is 5.69 Å². The molecule has 1 saturated heterocycles. The Bertz CT molecular complexity index is 532. The number of ether oxygens (including phenoxy) is 2. The maximum atomic E-state index is 11.5. The average Bonchev–Trinajstić information content (AvgIpc) is 2.36. The van der Waals surface area contributed by atoms with Crippen molar-refractivity contribution >= 4 is 17.6 Å². The number of esters is 2. The van der Waals surface area contributed by atoms with E-state index in [1.54, 1.807) is 0 Å². The molecular weight excluding hydrogens is 254 g/mol. The third-order valence-corrected chi connectivity index (χ3v) is 2.90. The summed E-state index contributed by atoms with van der Waals surface area (Å²) in [6.45, 7) is 2.80. The van der Waals surface area contributed by atoms with Gasteiger partial charge < -0.3 is 9.47 Å². The van der Waals surface area contributed by atoms with E-state index in [0.29, 0.717) is 5.56 Å². The van der Waals surface area contributed by atoms with Gasteiger partial charge in [0.05, 0.1) is 4.92 Å². The van der Waals surface area contributed by atoms with Crippen molar-refractivity contribution in [3.05, 3.63) is 39.9 Å². The van der Waals surface area contributed by atoms with E-state index < -0.39 is 28.6 Å². The van der Waals surface area contributed by atoms with Crippen LogP contribution in [0.5, 0.6) is 0 Å². The number of carbonyl (C=O) groups is 2. The second-order valence-electron chi connectivity index (χ2n) is 4.31. The quantitative estimate of drug-likeness (QED) is 0.348. The van der Waals surface area contributed by atoms with Crippen LogP contribution in [0, 0.1) is 16.0 Å². The fourth-order valence-electron chi connectivity index (χ4n) is 1.68. The fourth-order valence-corrected chi connectivity index (χ4v) is 1.68. The summed E-state index contributed by atoms with van der Waals surface area (Å²) in [5, 5.41) is 10.6. The van der Waals surface area contributed by atoms with Crippen LogP contribution in [0.25, 0.3) is 0 Å². The molecule has 1 aliphatic rings. The molecule has 0 N–H and O–H groups in total. The van der Waals surface area contributed by atoms with E-state index in [9.17, 15) is 19.7 Å². The zero-order chi connectivity index (χ0) is 14.2. The molecule has 0 aliphatic carbocycles. The van der Waals surface area contributed by atoms with E-state index >= 15 is 0 Å². The largest absolute Gasteiger partial charge is 0.418 e. The van der Waals surface area contributed by atoms with Gasteiger partial charge in [-0.1, -0.05) is 0 Å². The molecule has 1 fully saturated rings. The minimum Gasteiger partial charge on any atom is -0.418 e. The van der Waals surface area contributed by atoms with Crippen LogP contribution in [0.1, 0.15) is 19.4 Å². The third kappa shape index (κ3) is 2.26. The lowest BCUT2D eigenvalue weighted by Gasteiger charge is -2.34. The van der Waals surface area contributed by atoms with Crippen LogP contribution in [0.4, 0.5) is 5.69 Å². The van der Waals surface area contributed by atoms with Gasteiger partial charge in [0.2, 0.25) is 0 Å². The smallest absolute Gasteiger partial charge is 0.323 e. The molecule has 1 aromatic rings. The van der Waals surface area contributed by atoms with E-state index in [1.807, 2.05) is 0 Å². The van der Waals surface area contributed by atoms with Crippen LogP contribution in [-0.2, 0) is 24.8 Å². The van der Waals surface area contributed by atoms with Crippen LogP contribution >= 0.6 is 0 Å². The van der Waals surface area contributed by atoms with E-state index in [2.05, 4.69) is 0 Å². The summed E-state index contributed by atoms with van der Waals surface area (Å²) in [5.74, 6) is -3.88. The Morgan fingerprint density at radius 1 is 1.16 bits per heavy atom. The van der Waals surface area contributed by atoms with Crippen molar-refractivity contribution in [2.75, 3.05) is 0 Å². The topological polar surface area (TPSA) is 95.7 Å². The number of rotatable bonds is 2. The van der Waals surface area contributed by atoms with Crippen LogP contribution in [-0.4, -0.2) is 16.9 Å². The average molecular weight is 265 g/mol. The van der Waals surface area contributed by atoms with Crippen LogP contribution in [0.2, 0.25) is 0 Å². The highest BCUT2D eigenvalue weighted by Gasteiger charge is 2.45. The molecule has 19 heavy (non-hydrogen) atoms. The highest BCUT2D eigenvalue weighted by atomic mass is 16.7. The first-order valence-corrected chi connectivity index (χ1v) is 5.54. The van der Waals surface area contributed by atoms with Gasteiger partial charge in [-0.25, -0.2) is 0 Å². The summed E-state index contributed by atoms with van der Waals surface area (Å²) in [7, 11) is 0. The lowest BCUT2D eigenvalue weighted by molar-refractivity contribution is -0.384. The Morgan fingerprint density at radius 2 is 1.63 bits per heavy atom. The number of nitrogens with zero attached hydrogens (tertiary/aromatic N) is 1. The van der Waals surface area contributed by atoms with Crippen LogP contribution in [0.3, 0.4) is 0 Å². The predicted molar refractivity (Wildman–Crippen MR) is 61.8 cm³/mol. The number of benzene rings is 1. The third-order valence-electron chi connectivity index (χ3n) is 2.90. The van der Waals surface area contributed by atoms with Gasteiger partial charge in [0.25, 0.3) is 11.5 Å². The molecule has 0 aromatic heterocycles. The zero-order valence-corrected chi connectivity index (χ0v) is 10.3. The molecule has 0 radical (unpaired) electrons. The Balaban J connectivity index is 2.32. The van der Waals surface area contributed by atoms with E-state index in [1.165, 1.54) is 38.1 Å². The number of nitro groups is 1. The zero-order valence-electron chi connectivity index (χ0n) is 10.3. The van der Waals surface area contributed by atoms with Crippen LogP contribution < -0.4 is 0 Å². The Kier molecular flexibility index (Phi) is 2.97. The Hall–Kier alpha value is -2.44. The van der Waals surface area contributed by atoms with Crippen molar-refractivity contribution in [2.45, 2.75) is 19.6 Å². The SMILES string of the molecule is CC1C(=O)OC(C)(c2ccc([N+](=O)[O-])cc2)OC1=O. The van der Waals surface area contributed by atoms with Gasteiger partial charge in [-0.2, -0.15) is 0 Å². The van der Waals surface area contributed by atoms with Crippen LogP contribution in [0.15, 0.2) is 24.3 Å². The summed E-state index contributed by atoms with van der Waals surface area (Å²) >= 11 is 0. The number of nitro benzene ring substituents is 1. The normalized spacial score (nSPS) is 26.5. The maximum absolute atomic E-state index is 11.5. The molecule has 0 atom stereocenters. The predicted octanol–water partition coefficient (Wildman–Crippen LogP) is 1.50. The molecule has 1 heterocycles. The van der Waals surface area contributed by atoms with Gasteiger partial charge in [0, 0.05) is 24.6 Å². The minimum atomic E-state index is -1.55. The van der Waals surface area contributed by atoms with Crippen molar-refractivity contribution < 1.29 is 24.0 Å². The van der Waals surface area contributed by atoms with Crippen molar-refractivity contribution in [2.24, 2.45) is 5.92 Å². The second-order valence-corrected chi connectivity index (χ2v) is 4.31. The molecular formula is C12H11NO6. The highest BCUT2D eigenvalue weighted by Crippen LogP contribution is 2.33. The molecule has 1 aromatic carbocycles. The fraction of sp³-hybridized carbons (Fsp3) is 0.333. The lowest BCUT2D eigenvalue weighted by atomic mass is 10.0. The van der Waals surface area contributed by atoms with Gasteiger partial charge in [-0.05, 0) is 19.1 Å².